The number of aromatic hydroxyl groups is 1. The summed E-state index contributed by atoms with van der Waals surface area (Å²) in [5, 5.41) is 13.1. The third kappa shape index (κ3) is 2.36. The molecule has 0 aliphatic carbocycles. The van der Waals surface area contributed by atoms with Crippen LogP contribution in [0.4, 0.5) is 0 Å². The lowest BCUT2D eigenvalue weighted by atomic mass is 9.97. The van der Waals surface area contributed by atoms with Gasteiger partial charge in [0.25, 0.3) is 0 Å². The van der Waals surface area contributed by atoms with Crippen molar-refractivity contribution in [3.8, 4) is 11.5 Å². The monoisotopic (exact) mass is 229 g/mol. The second-order valence-electron chi connectivity index (χ2n) is 3.42. The molecule has 4 heteroatoms. The Kier molecular flexibility index (Phi) is 4.24. The zero-order valence-electron chi connectivity index (χ0n) is 8.69. The van der Waals surface area contributed by atoms with Crippen molar-refractivity contribution in [3.05, 3.63) is 23.8 Å². The summed E-state index contributed by atoms with van der Waals surface area (Å²) in [6, 6.07) is 5.95. The van der Waals surface area contributed by atoms with Crippen LogP contribution in [-0.2, 0) is 0 Å². The number of hydrogen-bond acceptors (Lipinski definition) is 3. The van der Waals surface area contributed by atoms with Gasteiger partial charge in [0.1, 0.15) is 0 Å². The third-order valence-electron chi connectivity index (χ3n) is 2.53. The Morgan fingerprint density at radius 3 is 2.80 bits per heavy atom. The van der Waals surface area contributed by atoms with Crippen LogP contribution in [0.3, 0.4) is 0 Å². The van der Waals surface area contributed by atoms with E-state index in [2.05, 4.69) is 5.32 Å². The smallest absolute Gasteiger partial charge is 0.162 e. The van der Waals surface area contributed by atoms with E-state index in [0.717, 1.165) is 18.5 Å². The number of para-hydroxylation sites is 1. The Morgan fingerprint density at radius 1 is 1.53 bits per heavy atom. The molecule has 1 fully saturated rings. The fourth-order valence-corrected chi connectivity index (χ4v) is 1.65. The number of ether oxygens (including phenoxy) is 1. The summed E-state index contributed by atoms with van der Waals surface area (Å²) in [6.07, 6.45) is 1.09. The van der Waals surface area contributed by atoms with Gasteiger partial charge in [0.05, 0.1) is 6.61 Å². The molecule has 84 valence electrons. The summed E-state index contributed by atoms with van der Waals surface area (Å²) in [7, 11) is 0. The van der Waals surface area contributed by atoms with Crippen LogP contribution < -0.4 is 10.1 Å². The summed E-state index contributed by atoms with van der Waals surface area (Å²) in [5.74, 6) is 0.866. The molecule has 1 aromatic carbocycles. The van der Waals surface area contributed by atoms with Gasteiger partial charge in [0.2, 0.25) is 0 Å². The summed E-state index contributed by atoms with van der Waals surface area (Å²) >= 11 is 0. The second-order valence-corrected chi connectivity index (χ2v) is 3.42. The van der Waals surface area contributed by atoms with Gasteiger partial charge < -0.3 is 15.2 Å². The van der Waals surface area contributed by atoms with Crippen molar-refractivity contribution < 1.29 is 9.84 Å². The maximum atomic E-state index is 9.89. The molecule has 2 rings (SSSR count). The molecule has 15 heavy (non-hydrogen) atoms. The molecule has 1 aliphatic heterocycles. The van der Waals surface area contributed by atoms with Crippen molar-refractivity contribution >= 4 is 12.4 Å². The van der Waals surface area contributed by atoms with Crippen LogP contribution in [-0.4, -0.2) is 18.3 Å². The highest BCUT2D eigenvalue weighted by Gasteiger charge is 2.22. The lowest BCUT2D eigenvalue weighted by Gasteiger charge is -2.28. The minimum Gasteiger partial charge on any atom is -0.504 e. The highest BCUT2D eigenvalue weighted by molar-refractivity contribution is 5.85. The number of phenols is 1. The van der Waals surface area contributed by atoms with Gasteiger partial charge in [0, 0.05) is 11.6 Å². The van der Waals surface area contributed by atoms with Crippen molar-refractivity contribution in [3.63, 3.8) is 0 Å². The average molecular weight is 230 g/mol. The molecule has 0 radical (unpaired) electrons. The summed E-state index contributed by atoms with van der Waals surface area (Å²) in [4.78, 5) is 0. The van der Waals surface area contributed by atoms with E-state index in [1.165, 1.54) is 0 Å². The Balaban J connectivity index is 0.00000112. The molecule has 0 spiro atoms. The maximum absolute atomic E-state index is 9.89. The molecular weight excluding hydrogens is 214 g/mol. The van der Waals surface area contributed by atoms with Crippen molar-refractivity contribution in [2.24, 2.45) is 0 Å². The number of halogens is 1. The minimum absolute atomic E-state index is 0. The van der Waals surface area contributed by atoms with Crippen molar-refractivity contribution in [1.29, 1.82) is 0 Å². The van der Waals surface area contributed by atoms with Crippen molar-refractivity contribution in [1.82, 2.24) is 5.32 Å². The average Bonchev–Trinajstić information content (AvgIpc) is 2.09. The highest BCUT2D eigenvalue weighted by Crippen LogP contribution is 2.36. The van der Waals surface area contributed by atoms with Crippen LogP contribution in [0.2, 0.25) is 0 Å². The minimum atomic E-state index is 0. The van der Waals surface area contributed by atoms with Gasteiger partial charge >= 0.3 is 0 Å². The first-order valence-corrected chi connectivity index (χ1v) is 5.01. The van der Waals surface area contributed by atoms with E-state index >= 15 is 0 Å². The van der Waals surface area contributed by atoms with Gasteiger partial charge in [-0.25, -0.2) is 0 Å². The van der Waals surface area contributed by atoms with Crippen molar-refractivity contribution in [2.75, 3.05) is 13.2 Å². The molecule has 3 nitrogen and oxygen atoms in total. The second kappa shape index (κ2) is 5.24. The van der Waals surface area contributed by atoms with E-state index < -0.39 is 0 Å². The van der Waals surface area contributed by atoms with E-state index in [1.54, 1.807) is 6.07 Å². The molecule has 0 unspecified atom stereocenters. The number of hydrogen-bond donors (Lipinski definition) is 2. The van der Waals surface area contributed by atoms with Crippen LogP contribution in [0.5, 0.6) is 11.5 Å². The third-order valence-corrected chi connectivity index (χ3v) is 2.53. The highest BCUT2D eigenvalue weighted by atomic mass is 35.5. The quantitative estimate of drug-likeness (QED) is 0.836. The number of nitrogens with one attached hydrogen (secondary N) is 1. The summed E-state index contributed by atoms with van der Waals surface area (Å²) in [5.41, 5.74) is 0.946. The summed E-state index contributed by atoms with van der Waals surface area (Å²) < 4.78 is 5.32. The number of phenolic OH excluding ortho intramolecular Hbond substituents is 1. The molecule has 2 N–H and O–H groups in total. The zero-order valence-corrected chi connectivity index (χ0v) is 9.51. The molecule has 0 saturated carbocycles. The first-order valence-electron chi connectivity index (χ1n) is 5.01. The fourth-order valence-electron chi connectivity index (χ4n) is 1.65. The van der Waals surface area contributed by atoms with Crippen LogP contribution in [0.1, 0.15) is 24.9 Å². The van der Waals surface area contributed by atoms with E-state index in [-0.39, 0.29) is 18.2 Å². The molecule has 1 saturated heterocycles. The van der Waals surface area contributed by atoms with Crippen LogP contribution >= 0.6 is 12.4 Å². The summed E-state index contributed by atoms with van der Waals surface area (Å²) in [6.45, 7) is 3.52. The molecule has 1 aliphatic rings. The Labute approximate surface area is 95.9 Å². The van der Waals surface area contributed by atoms with Crippen LogP contribution in [0.25, 0.3) is 0 Å². The standard InChI is InChI=1S/C11H15NO2.ClH/c1-2-14-10-5-3-4-8(11(10)13)9-6-7-12-9;/h3-5,9,12-13H,2,6-7H2,1H3;1H/t9-;/m1./s1. The largest absolute Gasteiger partial charge is 0.504 e. The van der Waals surface area contributed by atoms with E-state index in [1.807, 2.05) is 19.1 Å². The number of rotatable bonds is 3. The van der Waals surface area contributed by atoms with E-state index in [9.17, 15) is 5.11 Å². The van der Waals surface area contributed by atoms with Crippen LogP contribution in [0.15, 0.2) is 18.2 Å². The molecule has 1 heterocycles. The fraction of sp³-hybridized carbons (Fsp3) is 0.455. The number of benzene rings is 1. The molecule has 0 bridgehead atoms. The van der Waals surface area contributed by atoms with E-state index in [0.29, 0.717) is 18.4 Å². The maximum Gasteiger partial charge on any atom is 0.162 e. The molecule has 1 aromatic rings. The van der Waals surface area contributed by atoms with Gasteiger partial charge in [-0.1, -0.05) is 12.1 Å². The van der Waals surface area contributed by atoms with Crippen molar-refractivity contribution in [2.45, 2.75) is 19.4 Å². The SMILES string of the molecule is CCOc1cccc([C@H]2CCN2)c1O.Cl. The van der Waals surface area contributed by atoms with Gasteiger partial charge in [-0.2, -0.15) is 0 Å². The lowest BCUT2D eigenvalue weighted by molar-refractivity contribution is 0.308. The van der Waals surface area contributed by atoms with Crippen LogP contribution in [0, 0.1) is 0 Å². The predicted octanol–water partition coefficient (Wildman–Crippen LogP) is 2.25. The predicted molar refractivity (Wildman–Crippen MR) is 61.9 cm³/mol. The zero-order chi connectivity index (χ0) is 9.97. The van der Waals surface area contributed by atoms with Gasteiger partial charge in [0.15, 0.2) is 11.5 Å². The Hall–Kier alpha value is -0.930. The first-order chi connectivity index (χ1) is 6.83. The molecule has 0 amide bonds. The Bertz CT molecular complexity index is 326. The normalized spacial score (nSPS) is 18.9. The first kappa shape index (κ1) is 12.1. The molecule has 0 aromatic heterocycles. The Morgan fingerprint density at radius 2 is 2.27 bits per heavy atom. The van der Waals surface area contributed by atoms with Gasteiger partial charge in [-0.15, -0.1) is 12.4 Å². The molecule has 1 atom stereocenters. The van der Waals surface area contributed by atoms with Gasteiger partial charge in [-0.05, 0) is 26.0 Å². The lowest BCUT2D eigenvalue weighted by Crippen LogP contribution is -2.34. The van der Waals surface area contributed by atoms with Gasteiger partial charge in [-0.3, -0.25) is 0 Å². The molecular formula is C11H16ClNO2. The topological polar surface area (TPSA) is 41.5 Å². The van der Waals surface area contributed by atoms with E-state index in [4.69, 9.17) is 4.74 Å².